The van der Waals surface area contributed by atoms with Crippen molar-refractivity contribution in [3.05, 3.63) is 0 Å². The van der Waals surface area contributed by atoms with E-state index in [-0.39, 0.29) is 0 Å². The monoisotopic (exact) mass is 174 g/mol. The Morgan fingerprint density at radius 1 is 1.42 bits per heavy atom. The molecule has 0 aromatic carbocycles. The topological polar surface area (TPSA) is 98.7 Å². The molecule has 0 spiro atoms. The summed E-state index contributed by atoms with van der Waals surface area (Å²) in [6.07, 6.45) is 0. The van der Waals surface area contributed by atoms with Crippen LogP contribution in [0.25, 0.3) is 0 Å². The number of nitrogens with one attached hydrogen (secondary N) is 2. The van der Waals surface area contributed by atoms with E-state index in [1.165, 1.54) is 6.92 Å². The van der Waals surface area contributed by atoms with Crippen molar-refractivity contribution >= 4 is 11.9 Å². The van der Waals surface area contributed by atoms with Gasteiger partial charge in [0.05, 0.1) is 0 Å². The molecule has 1 aliphatic heterocycles. The summed E-state index contributed by atoms with van der Waals surface area (Å²) in [6, 6.07) is -0.725. The number of hydrogen-bond donors (Lipinski definition) is 4. The van der Waals surface area contributed by atoms with E-state index < -0.39 is 23.3 Å². The second kappa shape index (κ2) is 2.18. The summed E-state index contributed by atoms with van der Waals surface area (Å²) in [5, 5.41) is 22.3. The molecule has 0 aliphatic carbocycles. The van der Waals surface area contributed by atoms with E-state index in [1.54, 1.807) is 0 Å². The zero-order valence-corrected chi connectivity index (χ0v) is 6.71. The maximum absolute atomic E-state index is 11.0. The lowest BCUT2D eigenvalue weighted by molar-refractivity contribution is -0.195. The van der Waals surface area contributed by atoms with E-state index in [1.807, 2.05) is 5.32 Å². The molecule has 0 bridgehead atoms. The summed E-state index contributed by atoms with van der Waals surface area (Å²) >= 11 is 0. The van der Waals surface area contributed by atoms with Gasteiger partial charge in [-0.1, -0.05) is 0 Å². The Labute approximate surface area is 68.6 Å². The third kappa shape index (κ3) is 1.05. The third-order valence-electron chi connectivity index (χ3n) is 1.99. The van der Waals surface area contributed by atoms with Crippen LogP contribution in [0.2, 0.25) is 0 Å². The number of hydrogen-bond acceptors (Lipinski definition) is 4. The van der Waals surface area contributed by atoms with Crippen LogP contribution >= 0.6 is 0 Å². The molecule has 1 unspecified atom stereocenters. The highest BCUT2D eigenvalue weighted by molar-refractivity contribution is 6.07. The number of aliphatic hydroxyl groups is 2. The smallest absolute Gasteiger partial charge is 0.322 e. The van der Waals surface area contributed by atoms with E-state index in [2.05, 4.69) is 5.32 Å². The lowest BCUT2D eigenvalue weighted by Gasteiger charge is -2.31. The lowest BCUT2D eigenvalue weighted by atomic mass is 9.93. The summed E-state index contributed by atoms with van der Waals surface area (Å²) in [4.78, 5) is 21.7. The first kappa shape index (κ1) is 8.95. The van der Waals surface area contributed by atoms with Crippen molar-refractivity contribution in [3.8, 4) is 0 Å². The van der Waals surface area contributed by atoms with Gasteiger partial charge < -0.3 is 15.5 Å². The van der Waals surface area contributed by atoms with Crippen molar-refractivity contribution in [2.45, 2.75) is 25.2 Å². The Balaban J connectivity index is 3.00. The number of imide groups is 1. The molecule has 0 saturated carbocycles. The highest BCUT2D eigenvalue weighted by Crippen LogP contribution is 2.22. The molecular weight excluding hydrogens is 164 g/mol. The zero-order valence-electron chi connectivity index (χ0n) is 6.71. The van der Waals surface area contributed by atoms with Crippen LogP contribution in [0, 0.1) is 0 Å². The minimum Gasteiger partial charge on any atom is -0.364 e. The van der Waals surface area contributed by atoms with Crippen molar-refractivity contribution in [1.82, 2.24) is 10.6 Å². The van der Waals surface area contributed by atoms with E-state index >= 15 is 0 Å². The van der Waals surface area contributed by atoms with Crippen LogP contribution in [0.1, 0.15) is 13.8 Å². The molecule has 68 valence electrons. The van der Waals surface area contributed by atoms with Gasteiger partial charge in [0.1, 0.15) is 0 Å². The molecule has 3 amide bonds. The Kier molecular flexibility index (Phi) is 1.62. The summed E-state index contributed by atoms with van der Waals surface area (Å²) in [5.41, 5.74) is -1.68. The van der Waals surface area contributed by atoms with Crippen LogP contribution in [0.4, 0.5) is 4.79 Å². The Bertz CT molecular complexity index is 244. The Hall–Kier alpha value is -1.14. The minimum absolute atomic E-state index is 0.725. The predicted molar refractivity (Wildman–Crippen MR) is 37.9 cm³/mol. The van der Waals surface area contributed by atoms with Gasteiger partial charge in [-0.05, 0) is 13.8 Å². The molecule has 6 nitrogen and oxygen atoms in total. The molecule has 1 atom stereocenters. The Morgan fingerprint density at radius 3 is 2.08 bits per heavy atom. The molecular formula is C6H10N2O4. The first-order valence-corrected chi connectivity index (χ1v) is 3.36. The van der Waals surface area contributed by atoms with Crippen LogP contribution in [0.3, 0.4) is 0 Å². The van der Waals surface area contributed by atoms with Crippen LogP contribution < -0.4 is 10.6 Å². The standard InChI is InChI=1S/C6H10N2O4/c1-5(6(2,11)12)3(9)7-4(10)8-5/h11-12H,1-2H3,(H2,7,8,9,10). The van der Waals surface area contributed by atoms with Crippen molar-refractivity contribution in [1.29, 1.82) is 0 Å². The van der Waals surface area contributed by atoms with Crippen molar-refractivity contribution < 1.29 is 19.8 Å². The molecule has 1 aliphatic rings. The van der Waals surface area contributed by atoms with E-state index in [9.17, 15) is 9.59 Å². The first-order valence-electron chi connectivity index (χ1n) is 3.36. The minimum atomic E-state index is -2.27. The summed E-state index contributed by atoms with van der Waals surface area (Å²) in [5.74, 6) is -3.02. The summed E-state index contributed by atoms with van der Waals surface area (Å²) in [6.45, 7) is 2.26. The molecule has 0 aromatic rings. The third-order valence-corrected chi connectivity index (χ3v) is 1.99. The maximum Gasteiger partial charge on any atom is 0.322 e. The van der Waals surface area contributed by atoms with Crippen LogP contribution in [-0.4, -0.2) is 33.5 Å². The lowest BCUT2D eigenvalue weighted by Crippen LogP contribution is -2.61. The number of rotatable bonds is 1. The molecule has 0 aromatic heterocycles. The molecule has 0 radical (unpaired) electrons. The van der Waals surface area contributed by atoms with Crippen LogP contribution in [0.15, 0.2) is 0 Å². The van der Waals surface area contributed by atoms with Crippen molar-refractivity contribution in [3.63, 3.8) is 0 Å². The number of amides is 3. The summed E-state index contributed by atoms with van der Waals surface area (Å²) in [7, 11) is 0. The molecule has 1 fully saturated rings. The van der Waals surface area contributed by atoms with Gasteiger partial charge in [0, 0.05) is 0 Å². The van der Waals surface area contributed by atoms with E-state index in [4.69, 9.17) is 10.2 Å². The van der Waals surface area contributed by atoms with Gasteiger partial charge >= 0.3 is 6.03 Å². The fourth-order valence-electron chi connectivity index (χ4n) is 0.877. The van der Waals surface area contributed by atoms with Crippen molar-refractivity contribution in [2.24, 2.45) is 0 Å². The van der Waals surface area contributed by atoms with E-state index in [0.29, 0.717) is 0 Å². The van der Waals surface area contributed by atoms with Gasteiger partial charge in [0.25, 0.3) is 5.91 Å². The second-order valence-corrected chi connectivity index (χ2v) is 3.05. The largest absolute Gasteiger partial charge is 0.364 e. The maximum atomic E-state index is 11.0. The van der Waals surface area contributed by atoms with Crippen molar-refractivity contribution in [2.75, 3.05) is 0 Å². The first-order chi connectivity index (χ1) is 5.27. The van der Waals surface area contributed by atoms with Gasteiger partial charge in [0.15, 0.2) is 11.3 Å². The fraction of sp³-hybridized carbons (Fsp3) is 0.667. The highest BCUT2D eigenvalue weighted by atomic mass is 16.5. The Morgan fingerprint density at radius 2 is 1.92 bits per heavy atom. The SMILES string of the molecule is CC(O)(O)C1(C)NC(=O)NC1=O. The normalized spacial score (nSPS) is 30.0. The van der Waals surface area contributed by atoms with Crippen LogP contribution in [-0.2, 0) is 4.79 Å². The van der Waals surface area contributed by atoms with Gasteiger partial charge in [-0.25, -0.2) is 4.79 Å². The quantitative estimate of drug-likeness (QED) is 0.281. The molecule has 1 saturated heterocycles. The van der Waals surface area contributed by atoms with Gasteiger partial charge in [-0.3, -0.25) is 10.1 Å². The van der Waals surface area contributed by atoms with Gasteiger partial charge in [-0.15, -0.1) is 0 Å². The van der Waals surface area contributed by atoms with E-state index in [0.717, 1.165) is 6.92 Å². The molecule has 12 heavy (non-hydrogen) atoms. The average molecular weight is 174 g/mol. The number of urea groups is 1. The molecule has 1 heterocycles. The number of carbonyl (C=O) groups excluding carboxylic acids is 2. The molecule has 6 heteroatoms. The summed E-state index contributed by atoms with van der Waals surface area (Å²) < 4.78 is 0. The van der Waals surface area contributed by atoms with Gasteiger partial charge in [-0.2, -0.15) is 0 Å². The second-order valence-electron chi connectivity index (χ2n) is 3.05. The molecule has 4 N–H and O–H groups in total. The van der Waals surface area contributed by atoms with Crippen LogP contribution in [0.5, 0.6) is 0 Å². The van der Waals surface area contributed by atoms with Gasteiger partial charge in [0.2, 0.25) is 0 Å². The zero-order chi connectivity index (χ0) is 9.57. The fourth-order valence-corrected chi connectivity index (χ4v) is 0.877. The predicted octanol–water partition coefficient (Wildman–Crippen LogP) is -1.71. The highest BCUT2D eigenvalue weighted by Gasteiger charge is 2.54. The average Bonchev–Trinajstić information content (AvgIpc) is 2.06. The number of carbonyl (C=O) groups is 2. The molecule has 1 rings (SSSR count).